The quantitative estimate of drug-likeness (QED) is 0.128. The Balaban J connectivity index is 3.53. The van der Waals surface area contributed by atoms with Crippen LogP contribution in [0.3, 0.4) is 0 Å². The second-order valence-electron chi connectivity index (χ2n) is 5.32. The van der Waals surface area contributed by atoms with Crippen LogP contribution in [0.1, 0.15) is 58.3 Å². The molecule has 0 spiro atoms. The molecule has 0 aliphatic rings. The molecule has 0 heterocycles. The molecule has 0 N–H and O–H groups in total. The largest absolute Gasteiger partial charge is 0.473 e. The Bertz CT molecular complexity index is 428. The van der Waals surface area contributed by atoms with E-state index >= 15 is 0 Å². The first-order chi connectivity index (χ1) is 11.8. The summed E-state index contributed by atoms with van der Waals surface area (Å²) in [5.74, 6) is -0.160. The Morgan fingerprint density at radius 3 is 2.25 bits per heavy atom. The average molecular weight is 332 g/mol. The maximum absolute atomic E-state index is 10.9. The van der Waals surface area contributed by atoms with Crippen LogP contribution in [-0.2, 0) is 14.3 Å². The summed E-state index contributed by atoms with van der Waals surface area (Å²) in [6.45, 7) is 2.22. The molecular formula is C21H32O3. The van der Waals surface area contributed by atoms with Gasteiger partial charge in [0.05, 0.1) is 19.6 Å². The summed E-state index contributed by atoms with van der Waals surface area (Å²) in [6, 6.07) is 0. The molecular weight excluding hydrogens is 300 g/mol. The van der Waals surface area contributed by atoms with Gasteiger partial charge >= 0.3 is 5.97 Å². The van der Waals surface area contributed by atoms with Gasteiger partial charge in [-0.2, -0.15) is 0 Å². The smallest absolute Gasteiger partial charge is 0.305 e. The first-order valence-electron chi connectivity index (χ1n) is 8.81. The summed E-state index contributed by atoms with van der Waals surface area (Å²) >= 11 is 0. The maximum atomic E-state index is 10.9. The van der Waals surface area contributed by atoms with E-state index in [9.17, 15) is 4.79 Å². The molecule has 0 amide bonds. The molecule has 0 aromatic carbocycles. The van der Waals surface area contributed by atoms with E-state index in [-0.39, 0.29) is 5.97 Å². The number of allylic oxidation sites excluding steroid dienone is 8. The summed E-state index contributed by atoms with van der Waals surface area (Å²) in [5, 5.41) is 0. The lowest BCUT2D eigenvalue weighted by Gasteiger charge is -1.94. The van der Waals surface area contributed by atoms with Crippen LogP contribution in [0, 0.1) is 0 Å². The second-order valence-corrected chi connectivity index (χ2v) is 5.32. The zero-order valence-corrected chi connectivity index (χ0v) is 15.2. The average Bonchev–Trinajstić information content (AvgIpc) is 2.60. The third-order valence-corrected chi connectivity index (χ3v) is 3.20. The molecule has 0 atom stereocenters. The van der Waals surface area contributed by atoms with E-state index in [0.29, 0.717) is 6.42 Å². The first kappa shape index (κ1) is 22.0. The standard InChI is InChI=1S/C21H32O3/c1-3-4-5-6-7-8-9-10-13-16-19-24-20-17-14-11-12-15-18-21(22)23-2/h7-8,10-11,13-14,16-17,19-20H,3-6,9,12,15,18H2,1-2H3. The third kappa shape index (κ3) is 18.0. The number of rotatable bonds is 14. The van der Waals surface area contributed by atoms with Gasteiger partial charge in [-0.05, 0) is 44.3 Å². The Hall–Kier alpha value is -2.03. The number of hydrogen-bond acceptors (Lipinski definition) is 3. The number of hydrogen-bond donors (Lipinski definition) is 0. The predicted molar refractivity (Wildman–Crippen MR) is 101 cm³/mol. The monoisotopic (exact) mass is 332 g/mol. The van der Waals surface area contributed by atoms with Crippen LogP contribution in [0.4, 0.5) is 0 Å². The Morgan fingerprint density at radius 1 is 0.833 bits per heavy atom. The molecule has 0 aromatic rings. The fourth-order valence-corrected chi connectivity index (χ4v) is 1.83. The molecule has 0 aliphatic heterocycles. The van der Waals surface area contributed by atoms with Gasteiger partial charge in [0.25, 0.3) is 0 Å². The number of carbonyl (C=O) groups is 1. The van der Waals surface area contributed by atoms with E-state index in [1.807, 2.05) is 30.4 Å². The lowest BCUT2D eigenvalue weighted by molar-refractivity contribution is -0.140. The van der Waals surface area contributed by atoms with Gasteiger partial charge in [-0.15, -0.1) is 0 Å². The molecule has 0 radical (unpaired) electrons. The minimum Gasteiger partial charge on any atom is -0.473 e. The number of carbonyl (C=O) groups excluding carboxylic acids is 1. The Labute approximate surface area is 147 Å². The molecule has 0 unspecified atom stereocenters. The highest BCUT2D eigenvalue weighted by molar-refractivity contribution is 5.69. The minimum atomic E-state index is -0.160. The lowest BCUT2D eigenvalue weighted by Crippen LogP contribution is -1.98. The molecule has 134 valence electrons. The van der Waals surface area contributed by atoms with Crippen LogP contribution < -0.4 is 0 Å². The summed E-state index contributed by atoms with van der Waals surface area (Å²) in [6.07, 6.45) is 27.5. The highest BCUT2D eigenvalue weighted by Crippen LogP contribution is 2.00. The SMILES string of the molecule is CCCCCC=CCC=CC=COC=CC=CCCCC(=O)OC. The van der Waals surface area contributed by atoms with E-state index in [1.165, 1.54) is 32.8 Å². The van der Waals surface area contributed by atoms with Crippen LogP contribution in [-0.4, -0.2) is 13.1 Å². The molecule has 3 nitrogen and oxygen atoms in total. The van der Waals surface area contributed by atoms with Gasteiger partial charge in [-0.3, -0.25) is 4.79 Å². The van der Waals surface area contributed by atoms with Gasteiger partial charge in [-0.25, -0.2) is 0 Å². The molecule has 0 bridgehead atoms. The maximum Gasteiger partial charge on any atom is 0.305 e. The molecule has 0 saturated carbocycles. The van der Waals surface area contributed by atoms with Gasteiger partial charge in [0.2, 0.25) is 0 Å². The van der Waals surface area contributed by atoms with Crippen LogP contribution in [0.25, 0.3) is 0 Å². The van der Waals surface area contributed by atoms with Crippen LogP contribution in [0.5, 0.6) is 0 Å². The molecule has 0 aromatic heterocycles. The van der Waals surface area contributed by atoms with Crippen molar-refractivity contribution in [3.05, 3.63) is 61.1 Å². The Kier molecular flexibility index (Phi) is 17.4. The molecule has 0 saturated heterocycles. The van der Waals surface area contributed by atoms with Gasteiger partial charge in [0, 0.05) is 6.42 Å². The van der Waals surface area contributed by atoms with Crippen molar-refractivity contribution in [3.63, 3.8) is 0 Å². The van der Waals surface area contributed by atoms with Crippen molar-refractivity contribution in [2.75, 3.05) is 7.11 Å². The van der Waals surface area contributed by atoms with Crippen molar-refractivity contribution in [2.45, 2.75) is 58.3 Å². The third-order valence-electron chi connectivity index (χ3n) is 3.20. The molecule has 24 heavy (non-hydrogen) atoms. The van der Waals surface area contributed by atoms with E-state index in [2.05, 4.69) is 29.9 Å². The lowest BCUT2D eigenvalue weighted by atomic mass is 10.2. The van der Waals surface area contributed by atoms with E-state index in [4.69, 9.17) is 4.74 Å². The predicted octanol–water partition coefficient (Wildman–Crippen LogP) is 6.01. The summed E-state index contributed by atoms with van der Waals surface area (Å²) in [5.41, 5.74) is 0. The van der Waals surface area contributed by atoms with E-state index in [0.717, 1.165) is 19.3 Å². The van der Waals surface area contributed by atoms with Gasteiger partial charge < -0.3 is 9.47 Å². The topological polar surface area (TPSA) is 35.5 Å². The summed E-state index contributed by atoms with van der Waals surface area (Å²) in [4.78, 5) is 10.9. The molecule has 0 fully saturated rings. The zero-order valence-electron chi connectivity index (χ0n) is 15.2. The van der Waals surface area contributed by atoms with E-state index in [1.54, 1.807) is 12.5 Å². The summed E-state index contributed by atoms with van der Waals surface area (Å²) in [7, 11) is 1.41. The fourth-order valence-electron chi connectivity index (χ4n) is 1.83. The normalized spacial score (nSPS) is 12.4. The Morgan fingerprint density at radius 2 is 1.54 bits per heavy atom. The fraction of sp³-hybridized carbons (Fsp3) is 0.476. The number of methoxy groups -OCH3 is 1. The molecule has 3 heteroatoms. The van der Waals surface area contributed by atoms with Crippen molar-refractivity contribution in [3.8, 4) is 0 Å². The van der Waals surface area contributed by atoms with Crippen molar-refractivity contribution in [2.24, 2.45) is 0 Å². The number of esters is 1. The minimum absolute atomic E-state index is 0.160. The first-order valence-corrected chi connectivity index (χ1v) is 8.81. The van der Waals surface area contributed by atoms with Crippen LogP contribution >= 0.6 is 0 Å². The number of unbranched alkanes of at least 4 members (excludes halogenated alkanes) is 4. The second kappa shape index (κ2) is 19.0. The molecule has 0 aliphatic carbocycles. The molecule has 0 rings (SSSR count). The highest BCUT2D eigenvalue weighted by Gasteiger charge is 1.96. The van der Waals surface area contributed by atoms with Crippen molar-refractivity contribution < 1.29 is 14.3 Å². The van der Waals surface area contributed by atoms with Crippen molar-refractivity contribution >= 4 is 5.97 Å². The van der Waals surface area contributed by atoms with Crippen LogP contribution in [0.2, 0.25) is 0 Å². The summed E-state index contributed by atoms with van der Waals surface area (Å²) < 4.78 is 9.78. The van der Waals surface area contributed by atoms with Crippen molar-refractivity contribution in [1.29, 1.82) is 0 Å². The van der Waals surface area contributed by atoms with Crippen LogP contribution in [0.15, 0.2) is 61.1 Å². The van der Waals surface area contributed by atoms with Gasteiger partial charge in [0.1, 0.15) is 0 Å². The van der Waals surface area contributed by atoms with Gasteiger partial charge in [0.15, 0.2) is 0 Å². The van der Waals surface area contributed by atoms with E-state index < -0.39 is 0 Å². The van der Waals surface area contributed by atoms with Gasteiger partial charge in [-0.1, -0.05) is 56.2 Å². The van der Waals surface area contributed by atoms with Crippen molar-refractivity contribution in [1.82, 2.24) is 0 Å². The zero-order chi connectivity index (χ0) is 17.7. The number of ether oxygens (including phenoxy) is 2. The highest BCUT2D eigenvalue weighted by atomic mass is 16.5.